The second-order valence-corrected chi connectivity index (χ2v) is 4.21. The van der Waals surface area contributed by atoms with Crippen molar-refractivity contribution in [3.05, 3.63) is 51.2 Å². The maximum Gasteiger partial charge on any atom is 0.287 e. The van der Waals surface area contributed by atoms with Gasteiger partial charge in [-0.15, -0.1) is 0 Å². The minimum Gasteiger partial charge on any atom is -0.458 e. The number of aliphatic hydroxyl groups excluding tert-OH is 1. The highest BCUT2D eigenvalue weighted by molar-refractivity contribution is 6.32. The molecule has 1 aromatic heterocycles. The van der Waals surface area contributed by atoms with Crippen LogP contribution < -0.4 is 0 Å². The van der Waals surface area contributed by atoms with Crippen molar-refractivity contribution in [2.75, 3.05) is 0 Å². The number of hydrogen-bond acceptors (Lipinski definition) is 4. The van der Waals surface area contributed by atoms with Crippen LogP contribution in [0.5, 0.6) is 0 Å². The van der Waals surface area contributed by atoms with Gasteiger partial charge in [0.05, 0.1) is 4.92 Å². The predicted octanol–water partition coefficient (Wildman–Crippen LogP) is 3.56. The van der Waals surface area contributed by atoms with Gasteiger partial charge in [0.2, 0.25) is 0 Å². The summed E-state index contributed by atoms with van der Waals surface area (Å²) in [5, 5.41) is 20.0. The molecular formula is C12H10ClNO4. The average Bonchev–Trinajstić information content (AvgIpc) is 2.77. The fourth-order valence-electron chi connectivity index (χ4n) is 1.54. The van der Waals surface area contributed by atoms with E-state index in [1.807, 2.05) is 0 Å². The maximum atomic E-state index is 10.6. The van der Waals surface area contributed by atoms with Crippen LogP contribution in [0.2, 0.25) is 5.02 Å². The molecule has 18 heavy (non-hydrogen) atoms. The van der Waals surface area contributed by atoms with E-state index in [1.165, 1.54) is 12.1 Å². The highest BCUT2D eigenvalue weighted by Crippen LogP contribution is 2.31. The van der Waals surface area contributed by atoms with Crippen LogP contribution in [-0.2, 0) is 0 Å². The molecule has 1 unspecified atom stereocenters. The monoisotopic (exact) mass is 267 g/mol. The van der Waals surface area contributed by atoms with Gasteiger partial charge in [0.15, 0.2) is 0 Å². The van der Waals surface area contributed by atoms with Crippen molar-refractivity contribution in [3.63, 3.8) is 0 Å². The molecule has 0 saturated carbocycles. The minimum atomic E-state index is -0.702. The SMILES string of the molecule is CC(O)c1ccc(-c2ccc([N+](=O)[O-])c(Cl)c2)o1. The Bertz CT molecular complexity index is 592. The lowest BCUT2D eigenvalue weighted by Crippen LogP contribution is -1.89. The average molecular weight is 268 g/mol. The number of rotatable bonds is 3. The molecule has 0 amide bonds. The van der Waals surface area contributed by atoms with Gasteiger partial charge in [-0.1, -0.05) is 11.6 Å². The summed E-state index contributed by atoms with van der Waals surface area (Å²) in [6.45, 7) is 1.59. The molecule has 0 aliphatic heterocycles. The molecule has 0 aliphatic carbocycles. The van der Waals surface area contributed by atoms with E-state index in [0.29, 0.717) is 17.1 Å². The first kappa shape index (κ1) is 12.6. The van der Waals surface area contributed by atoms with Gasteiger partial charge in [-0.25, -0.2) is 0 Å². The Hall–Kier alpha value is -1.85. The largest absolute Gasteiger partial charge is 0.458 e. The van der Waals surface area contributed by atoms with E-state index in [4.69, 9.17) is 16.0 Å². The molecule has 0 spiro atoms. The van der Waals surface area contributed by atoms with Crippen LogP contribution in [0.1, 0.15) is 18.8 Å². The number of nitro groups is 1. The standard InChI is InChI=1S/C12H10ClNO4/c1-7(15)11-4-5-12(18-11)8-2-3-10(14(16)17)9(13)6-8/h2-7,15H,1H3. The van der Waals surface area contributed by atoms with E-state index in [2.05, 4.69) is 0 Å². The number of nitro benzene ring substituents is 1. The summed E-state index contributed by atoms with van der Waals surface area (Å²) in [7, 11) is 0. The zero-order chi connectivity index (χ0) is 13.3. The topological polar surface area (TPSA) is 76.5 Å². The van der Waals surface area contributed by atoms with Gasteiger partial charge in [-0.2, -0.15) is 0 Å². The molecule has 1 heterocycles. The molecule has 2 rings (SSSR count). The number of halogens is 1. The maximum absolute atomic E-state index is 10.6. The fourth-order valence-corrected chi connectivity index (χ4v) is 1.79. The lowest BCUT2D eigenvalue weighted by molar-refractivity contribution is -0.384. The zero-order valence-electron chi connectivity index (χ0n) is 9.46. The van der Waals surface area contributed by atoms with Crippen LogP contribution >= 0.6 is 11.6 Å². The number of nitrogens with zero attached hydrogens (tertiary/aromatic N) is 1. The summed E-state index contributed by atoms with van der Waals surface area (Å²) in [5.74, 6) is 0.933. The molecule has 0 fully saturated rings. The zero-order valence-corrected chi connectivity index (χ0v) is 10.2. The fraction of sp³-hybridized carbons (Fsp3) is 0.167. The van der Waals surface area contributed by atoms with E-state index in [9.17, 15) is 15.2 Å². The van der Waals surface area contributed by atoms with Gasteiger partial charge in [-0.05, 0) is 31.2 Å². The van der Waals surface area contributed by atoms with Crippen molar-refractivity contribution in [2.24, 2.45) is 0 Å². The highest BCUT2D eigenvalue weighted by atomic mass is 35.5. The van der Waals surface area contributed by atoms with Crippen molar-refractivity contribution in [1.29, 1.82) is 0 Å². The number of hydrogen-bond donors (Lipinski definition) is 1. The molecular weight excluding hydrogens is 258 g/mol. The summed E-state index contributed by atoms with van der Waals surface area (Å²) < 4.78 is 5.41. The second-order valence-electron chi connectivity index (χ2n) is 3.80. The van der Waals surface area contributed by atoms with E-state index in [0.717, 1.165) is 0 Å². The molecule has 1 atom stereocenters. The Kier molecular flexibility index (Phi) is 3.36. The van der Waals surface area contributed by atoms with Crippen LogP contribution in [0.3, 0.4) is 0 Å². The van der Waals surface area contributed by atoms with Gasteiger partial charge in [0.1, 0.15) is 22.6 Å². The molecule has 5 nitrogen and oxygen atoms in total. The second kappa shape index (κ2) is 4.80. The van der Waals surface area contributed by atoms with Gasteiger partial charge in [0.25, 0.3) is 5.69 Å². The van der Waals surface area contributed by atoms with E-state index >= 15 is 0 Å². The summed E-state index contributed by atoms with van der Waals surface area (Å²) in [5.41, 5.74) is 0.472. The highest BCUT2D eigenvalue weighted by Gasteiger charge is 2.15. The normalized spacial score (nSPS) is 12.4. The third-order valence-electron chi connectivity index (χ3n) is 2.47. The Balaban J connectivity index is 2.39. The smallest absolute Gasteiger partial charge is 0.287 e. The Morgan fingerprint density at radius 3 is 2.61 bits per heavy atom. The summed E-state index contributed by atoms with van der Waals surface area (Å²) >= 11 is 5.81. The van der Waals surface area contributed by atoms with Gasteiger partial charge in [0, 0.05) is 11.6 Å². The Morgan fingerprint density at radius 2 is 2.11 bits per heavy atom. The molecule has 94 valence electrons. The quantitative estimate of drug-likeness (QED) is 0.681. The molecule has 0 saturated heterocycles. The molecule has 1 N–H and O–H groups in total. The number of furan rings is 1. The molecule has 0 radical (unpaired) electrons. The van der Waals surface area contributed by atoms with E-state index in [1.54, 1.807) is 25.1 Å². The first-order valence-corrected chi connectivity index (χ1v) is 5.59. The van der Waals surface area contributed by atoms with Gasteiger partial charge < -0.3 is 9.52 Å². The first-order valence-electron chi connectivity index (χ1n) is 5.21. The van der Waals surface area contributed by atoms with Crippen molar-refractivity contribution in [1.82, 2.24) is 0 Å². The van der Waals surface area contributed by atoms with Gasteiger partial charge >= 0.3 is 0 Å². The van der Waals surface area contributed by atoms with Gasteiger partial charge in [-0.3, -0.25) is 10.1 Å². The predicted molar refractivity (Wildman–Crippen MR) is 66.4 cm³/mol. The minimum absolute atomic E-state index is 0.0486. The van der Waals surface area contributed by atoms with Crippen LogP contribution in [0, 0.1) is 10.1 Å². The van der Waals surface area contributed by atoms with Crippen LogP contribution in [-0.4, -0.2) is 10.0 Å². The van der Waals surface area contributed by atoms with Crippen LogP contribution in [0.25, 0.3) is 11.3 Å². The molecule has 2 aromatic rings. The molecule has 0 bridgehead atoms. The third kappa shape index (κ3) is 2.37. The first-order chi connectivity index (χ1) is 8.49. The summed E-state index contributed by atoms with van der Waals surface area (Å²) in [6, 6.07) is 7.66. The van der Waals surface area contributed by atoms with E-state index in [-0.39, 0.29) is 10.7 Å². The van der Waals surface area contributed by atoms with Crippen molar-refractivity contribution < 1.29 is 14.4 Å². The number of aliphatic hydroxyl groups is 1. The molecule has 1 aromatic carbocycles. The van der Waals surface area contributed by atoms with Crippen molar-refractivity contribution in [3.8, 4) is 11.3 Å². The van der Waals surface area contributed by atoms with Crippen molar-refractivity contribution in [2.45, 2.75) is 13.0 Å². The summed E-state index contributed by atoms with van der Waals surface area (Å²) in [4.78, 5) is 10.1. The number of benzene rings is 1. The Labute approximate surface area is 108 Å². The Morgan fingerprint density at radius 1 is 1.39 bits per heavy atom. The lowest BCUT2D eigenvalue weighted by atomic mass is 10.1. The third-order valence-corrected chi connectivity index (χ3v) is 2.77. The molecule has 0 aliphatic rings. The molecule has 6 heteroatoms. The van der Waals surface area contributed by atoms with Crippen LogP contribution in [0.4, 0.5) is 5.69 Å². The van der Waals surface area contributed by atoms with Crippen LogP contribution in [0.15, 0.2) is 34.7 Å². The lowest BCUT2D eigenvalue weighted by Gasteiger charge is -2.01. The van der Waals surface area contributed by atoms with Crippen molar-refractivity contribution >= 4 is 17.3 Å². The van der Waals surface area contributed by atoms with E-state index < -0.39 is 11.0 Å². The summed E-state index contributed by atoms with van der Waals surface area (Å²) in [6.07, 6.45) is -0.702.